The maximum Gasteiger partial charge on any atom is 0.251 e. The average Bonchev–Trinajstić information content (AvgIpc) is 3.29. The van der Waals surface area contributed by atoms with Crippen molar-refractivity contribution >= 4 is 47.8 Å². The largest absolute Gasteiger partial charge is 0.379 e. The molecule has 33 heavy (non-hydrogen) atoms. The van der Waals surface area contributed by atoms with Gasteiger partial charge in [-0.3, -0.25) is 4.79 Å². The lowest BCUT2D eigenvalue weighted by atomic mass is 10.2. The lowest BCUT2D eigenvalue weighted by Crippen LogP contribution is -2.40. The number of halogens is 2. The third-order valence-electron chi connectivity index (χ3n) is 4.98. The molecule has 0 radical (unpaired) electrons. The number of hydrogen-bond acceptors (Lipinski definition) is 7. The Hall–Kier alpha value is -2.19. The molecule has 1 saturated heterocycles. The van der Waals surface area contributed by atoms with Crippen molar-refractivity contribution in [1.82, 2.24) is 29.4 Å². The van der Waals surface area contributed by atoms with Crippen LogP contribution in [0.25, 0.3) is 5.82 Å². The van der Waals surface area contributed by atoms with Crippen molar-refractivity contribution in [1.29, 1.82) is 0 Å². The van der Waals surface area contributed by atoms with E-state index in [1.165, 1.54) is 27.6 Å². The van der Waals surface area contributed by atoms with E-state index in [0.29, 0.717) is 43.5 Å². The highest BCUT2D eigenvalue weighted by Crippen LogP contribution is 2.22. The smallest absolute Gasteiger partial charge is 0.251 e. The van der Waals surface area contributed by atoms with Crippen LogP contribution in [0.5, 0.6) is 0 Å². The molecule has 1 atom stereocenters. The van der Waals surface area contributed by atoms with Gasteiger partial charge in [0.15, 0.2) is 11.6 Å². The fraction of sp³-hybridized carbons (Fsp3) is 0.300. The van der Waals surface area contributed by atoms with E-state index in [1.807, 2.05) is 6.07 Å². The van der Waals surface area contributed by atoms with Crippen LogP contribution in [0.2, 0.25) is 0 Å². The summed E-state index contributed by atoms with van der Waals surface area (Å²) in [6.07, 6.45) is 2.65. The Morgan fingerprint density at radius 2 is 1.82 bits per heavy atom. The summed E-state index contributed by atoms with van der Waals surface area (Å²) in [7, 11) is -3.65. The van der Waals surface area contributed by atoms with Crippen molar-refractivity contribution in [3.05, 3.63) is 63.2 Å². The highest BCUT2D eigenvalue weighted by Gasteiger charge is 2.27. The third-order valence-corrected chi connectivity index (χ3v) is 7.78. The van der Waals surface area contributed by atoms with Crippen molar-refractivity contribution in [2.45, 2.75) is 17.9 Å². The van der Waals surface area contributed by atoms with E-state index >= 15 is 0 Å². The summed E-state index contributed by atoms with van der Waals surface area (Å²) < 4.78 is 35.2. The number of carbonyl (C=O) groups is 1. The van der Waals surface area contributed by atoms with Gasteiger partial charge < -0.3 is 10.1 Å². The normalized spacial score (nSPS) is 15.8. The number of aromatic nitrogens is 4. The quantitative estimate of drug-likeness (QED) is 0.463. The topological polar surface area (TPSA) is 119 Å². The van der Waals surface area contributed by atoms with Gasteiger partial charge in [-0.15, -0.1) is 0 Å². The van der Waals surface area contributed by atoms with Crippen LogP contribution in [-0.4, -0.2) is 64.7 Å². The summed E-state index contributed by atoms with van der Waals surface area (Å²) in [5.41, 5.74) is 0.477. The van der Waals surface area contributed by atoms with Crippen LogP contribution >= 0.6 is 31.9 Å². The van der Waals surface area contributed by atoms with E-state index in [2.05, 4.69) is 52.2 Å². The number of nitrogens with one attached hydrogen (secondary N) is 1. The second-order valence-electron chi connectivity index (χ2n) is 7.25. The highest BCUT2D eigenvalue weighted by atomic mass is 79.9. The van der Waals surface area contributed by atoms with E-state index < -0.39 is 16.1 Å². The zero-order chi connectivity index (χ0) is 23.6. The molecule has 1 fully saturated rings. The van der Waals surface area contributed by atoms with Crippen LogP contribution in [0, 0.1) is 0 Å². The lowest BCUT2D eigenvalue weighted by molar-refractivity contribution is 0.0730. The molecule has 1 amide bonds. The highest BCUT2D eigenvalue weighted by molar-refractivity contribution is 9.11. The van der Waals surface area contributed by atoms with Crippen molar-refractivity contribution in [3.63, 3.8) is 0 Å². The molecule has 3 heterocycles. The molecule has 13 heteroatoms. The zero-order valence-electron chi connectivity index (χ0n) is 17.5. The summed E-state index contributed by atoms with van der Waals surface area (Å²) >= 11 is 6.75. The first-order valence-electron chi connectivity index (χ1n) is 9.97. The van der Waals surface area contributed by atoms with Crippen LogP contribution in [0.15, 0.2) is 56.7 Å². The fourth-order valence-electron chi connectivity index (χ4n) is 3.34. The van der Waals surface area contributed by atoms with Crippen LogP contribution < -0.4 is 5.32 Å². The molecular weight excluding hydrogens is 580 g/mol. The molecular formula is C20H20Br2N6O4S. The molecule has 174 valence electrons. The number of amides is 1. The predicted octanol–water partition coefficient (Wildman–Crippen LogP) is 2.70. The van der Waals surface area contributed by atoms with Gasteiger partial charge in [-0.25, -0.2) is 18.4 Å². The maximum absolute atomic E-state index is 12.8. The van der Waals surface area contributed by atoms with E-state index in [4.69, 9.17) is 4.74 Å². The van der Waals surface area contributed by atoms with Gasteiger partial charge in [0.05, 0.1) is 19.3 Å². The van der Waals surface area contributed by atoms with Crippen molar-refractivity contribution in [2.24, 2.45) is 0 Å². The van der Waals surface area contributed by atoms with Gasteiger partial charge >= 0.3 is 0 Å². The molecule has 0 aliphatic carbocycles. The van der Waals surface area contributed by atoms with E-state index in [0.717, 1.165) is 8.95 Å². The van der Waals surface area contributed by atoms with E-state index in [9.17, 15) is 13.2 Å². The second kappa shape index (κ2) is 9.97. The van der Waals surface area contributed by atoms with Crippen LogP contribution in [0.4, 0.5) is 0 Å². The number of sulfonamides is 1. The molecule has 0 saturated carbocycles. The zero-order valence-corrected chi connectivity index (χ0v) is 21.5. The number of morpholine rings is 1. The Morgan fingerprint density at radius 1 is 1.12 bits per heavy atom. The molecule has 1 aliphatic heterocycles. The number of ether oxygens (including phenoxy) is 1. The SMILES string of the molecule is C[C@H](NC(=O)c1cc(Br)cc(Br)c1)c1ncnn1-c1ccc(S(=O)(=O)N2CCOCC2)cn1. The summed E-state index contributed by atoms with van der Waals surface area (Å²) in [6.45, 7) is 3.13. The standard InChI is InChI=1S/C20H20Br2N6O4S/c1-13(26-20(29)14-8-15(21)10-16(22)9-14)19-24-12-25-28(19)18-3-2-17(11-23-18)33(30,31)27-4-6-32-7-5-27/h2-3,8-13H,4-7H2,1H3,(H,26,29)/t13-/m0/s1. The maximum atomic E-state index is 12.8. The Labute approximate surface area is 207 Å². The molecule has 2 aromatic heterocycles. The number of hydrogen-bond donors (Lipinski definition) is 1. The first kappa shape index (κ1) is 24.0. The van der Waals surface area contributed by atoms with Crippen LogP contribution in [0.3, 0.4) is 0 Å². The molecule has 1 aliphatic rings. The fourth-order valence-corrected chi connectivity index (χ4v) is 5.99. The third kappa shape index (κ3) is 5.32. The Morgan fingerprint density at radius 3 is 2.45 bits per heavy atom. The summed E-state index contributed by atoms with van der Waals surface area (Å²) in [5, 5.41) is 7.09. The number of carbonyl (C=O) groups excluding carboxylic acids is 1. The summed E-state index contributed by atoms with van der Waals surface area (Å²) in [6, 6.07) is 7.83. The molecule has 1 aromatic carbocycles. The Kier molecular flexibility index (Phi) is 7.24. The number of rotatable bonds is 6. The molecule has 4 rings (SSSR count). The van der Waals surface area contributed by atoms with Gasteiger partial charge in [-0.2, -0.15) is 14.1 Å². The predicted molar refractivity (Wildman–Crippen MR) is 126 cm³/mol. The van der Waals surface area contributed by atoms with Gasteiger partial charge in [0.1, 0.15) is 11.2 Å². The van der Waals surface area contributed by atoms with Crippen molar-refractivity contribution < 1.29 is 17.9 Å². The molecule has 0 spiro atoms. The Balaban J connectivity index is 1.52. The monoisotopic (exact) mass is 598 g/mol. The molecule has 3 aromatic rings. The number of benzene rings is 1. The van der Waals surface area contributed by atoms with Gasteiger partial charge in [0.25, 0.3) is 5.91 Å². The summed E-state index contributed by atoms with van der Waals surface area (Å²) in [5.74, 6) is 0.558. The molecule has 1 N–H and O–H groups in total. The van der Waals surface area contributed by atoms with Gasteiger partial charge in [-0.05, 0) is 37.3 Å². The van der Waals surface area contributed by atoms with Crippen molar-refractivity contribution in [3.8, 4) is 5.82 Å². The number of nitrogens with zero attached hydrogens (tertiary/aromatic N) is 5. The minimum Gasteiger partial charge on any atom is -0.379 e. The van der Waals surface area contributed by atoms with Gasteiger partial charge in [-0.1, -0.05) is 31.9 Å². The first-order valence-corrected chi connectivity index (χ1v) is 13.0. The average molecular weight is 600 g/mol. The molecule has 0 unspecified atom stereocenters. The van der Waals surface area contributed by atoms with Crippen molar-refractivity contribution in [2.75, 3.05) is 26.3 Å². The lowest BCUT2D eigenvalue weighted by Gasteiger charge is -2.25. The van der Waals surface area contributed by atoms with Gasteiger partial charge in [0.2, 0.25) is 10.0 Å². The minimum absolute atomic E-state index is 0.0939. The van der Waals surface area contributed by atoms with Crippen LogP contribution in [-0.2, 0) is 14.8 Å². The van der Waals surface area contributed by atoms with Crippen LogP contribution in [0.1, 0.15) is 29.1 Å². The van der Waals surface area contributed by atoms with E-state index in [-0.39, 0.29) is 10.8 Å². The Bertz CT molecular complexity index is 1240. The first-order chi connectivity index (χ1) is 15.8. The summed E-state index contributed by atoms with van der Waals surface area (Å²) in [4.78, 5) is 21.3. The molecule has 10 nitrogen and oxygen atoms in total. The number of pyridine rings is 1. The van der Waals surface area contributed by atoms with Gasteiger partial charge in [0, 0.05) is 33.8 Å². The second-order valence-corrected chi connectivity index (χ2v) is 11.0. The minimum atomic E-state index is -3.65. The molecule has 0 bridgehead atoms. The van der Waals surface area contributed by atoms with E-state index in [1.54, 1.807) is 25.1 Å².